The number of likely N-dealkylation sites (N-methyl/N-ethyl adjacent to an activating group) is 1. The fourth-order valence-electron chi connectivity index (χ4n) is 2.23. The Morgan fingerprint density at radius 1 is 1.57 bits per heavy atom. The van der Waals surface area contributed by atoms with Crippen molar-refractivity contribution in [3.63, 3.8) is 0 Å². The first-order chi connectivity index (χ1) is 6.63. The Morgan fingerprint density at radius 2 is 2.29 bits per heavy atom. The van der Waals surface area contributed by atoms with Crippen LogP contribution in [0.4, 0.5) is 0 Å². The summed E-state index contributed by atoms with van der Waals surface area (Å²) in [6.45, 7) is 12.2. The van der Waals surface area contributed by atoms with Gasteiger partial charge in [0.2, 0.25) is 0 Å². The molecule has 0 saturated carbocycles. The predicted molar refractivity (Wildman–Crippen MR) is 62.5 cm³/mol. The second-order valence-corrected chi connectivity index (χ2v) is 4.73. The van der Waals surface area contributed by atoms with Gasteiger partial charge in [-0.2, -0.15) is 0 Å². The Bertz CT molecular complexity index is 187. The topological polar surface area (TPSA) is 15.3 Å². The number of likely N-dealkylation sites (tertiary alicyclic amines) is 1. The molecule has 1 N–H and O–H groups in total. The van der Waals surface area contributed by atoms with Crippen LogP contribution < -0.4 is 5.32 Å². The van der Waals surface area contributed by atoms with E-state index in [2.05, 4.69) is 30.6 Å². The van der Waals surface area contributed by atoms with Crippen LogP contribution in [0.2, 0.25) is 0 Å². The number of rotatable bonds is 5. The van der Waals surface area contributed by atoms with Gasteiger partial charge in [0.15, 0.2) is 0 Å². The normalized spacial score (nSPS) is 23.3. The lowest BCUT2D eigenvalue weighted by Gasteiger charge is -2.20. The van der Waals surface area contributed by atoms with Crippen LogP contribution in [0.25, 0.3) is 0 Å². The molecule has 1 aliphatic heterocycles. The van der Waals surface area contributed by atoms with E-state index in [0.29, 0.717) is 6.04 Å². The summed E-state index contributed by atoms with van der Waals surface area (Å²) in [5.41, 5.74) is 1.35. The zero-order chi connectivity index (χ0) is 10.6. The van der Waals surface area contributed by atoms with E-state index in [1.165, 1.54) is 31.5 Å². The molecule has 0 aromatic heterocycles. The molecule has 1 atom stereocenters. The number of nitrogens with zero attached hydrogens (tertiary/aromatic N) is 1. The van der Waals surface area contributed by atoms with Gasteiger partial charge in [-0.1, -0.05) is 12.2 Å². The van der Waals surface area contributed by atoms with Gasteiger partial charge < -0.3 is 10.2 Å². The van der Waals surface area contributed by atoms with Crippen molar-refractivity contribution in [3.05, 3.63) is 12.2 Å². The maximum atomic E-state index is 4.10. The van der Waals surface area contributed by atoms with Crippen molar-refractivity contribution in [1.82, 2.24) is 10.2 Å². The van der Waals surface area contributed by atoms with Crippen molar-refractivity contribution in [1.29, 1.82) is 0 Å². The summed E-state index contributed by atoms with van der Waals surface area (Å²) in [4.78, 5) is 2.57. The SMILES string of the molecule is C=C(CNC)CC1CCN(C(C)C)C1. The Morgan fingerprint density at radius 3 is 2.79 bits per heavy atom. The molecule has 1 rings (SSSR count). The van der Waals surface area contributed by atoms with E-state index in [9.17, 15) is 0 Å². The summed E-state index contributed by atoms with van der Waals surface area (Å²) in [5.74, 6) is 0.846. The molecule has 0 aromatic rings. The summed E-state index contributed by atoms with van der Waals surface area (Å²) < 4.78 is 0. The first kappa shape index (κ1) is 11.7. The average Bonchev–Trinajstić information content (AvgIpc) is 2.53. The highest BCUT2D eigenvalue weighted by atomic mass is 15.2. The van der Waals surface area contributed by atoms with Crippen LogP contribution in [0.15, 0.2) is 12.2 Å². The molecule has 1 heterocycles. The maximum Gasteiger partial charge on any atom is 0.0159 e. The average molecular weight is 196 g/mol. The summed E-state index contributed by atoms with van der Waals surface area (Å²) in [6.07, 6.45) is 2.55. The van der Waals surface area contributed by atoms with Crippen molar-refractivity contribution in [2.75, 3.05) is 26.7 Å². The fraction of sp³-hybridized carbons (Fsp3) is 0.833. The van der Waals surface area contributed by atoms with Crippen LogP contribution in [0.1, 0.15) is 26.7 Å². The molecule has 1 aliphatic rings. The molecule has 14 heavy (non-hydrogen) atoms. The lowest BCUT2D eigenvalue weighted by Crippen LogP contribution is -2.28. The predicted octanol–water partition coefficient (Wildman–Crippen LogP) is 1.88. The van der Waals surface area contributed by atoms with Crippen LogP contribution in [-0.2, 0) is 0 Å². The van der Waals surface area contributed by atoms with Gasteiger partial charge in [0.1, 0.15) is 0 Å². The third-order valence-corrected chi connectivity index (χ3v) is 3.05. The molecule has 0 aromatic carbocycles. The van der Waals surface area contributed by atoms with Gasteiger partial charge in [-0.25, -0.2) is 0 Å². The summed E-state index contributed by atoms with van der Waals surface area (Å²) in [5, 5.41) is 3.16. The van der Waals surface area contributed by atoms with Crippen molar-refractivity contribution < 1.29 is 0 Å². The van der Waals surface area contributed by atoms with Crippen LogP contribution in [0.3, 0.4) is 0 Å². The monoisotopic (exact) mass is 196 g/mol. The fourth-order valence-corrected chi connectivity index (χ4v) is 2.23. The zero-order valence-corrected chi connectivity index (χ0v) is 9.84. The van der Waals surface area contributed by atoms with Gasteiger partial charge in [0, 0.05) is 19.1 Å². The largest absolute Gasteiger partial charge is 0.316 e. The van der Waals surface area contributed by atoms with E-state index in [-0.39, 0.29) is 0 Å². The van der Waals surface area contributed by atoms with Crippen LogP contribution in [0.5, 0.6) is 0 Å². The molecular weight excluding hydrogens is 172 g/mol. The highest BCUT2D eigenvalue weighted by molar-refractivity contribution is 4.99. The Kier molecular flexibility index (Phi) is 4.63. The first-order valence-corrected chi connectivity index (χ1v) is 5.68. The molecule has 1 fully saturated rings. The van der Waals surface area contributed by atoms with Gasteiger partial charge in [0.25, 0.3) is 0 Å². The van der Waals surface area contributed by atoms with E-state index in [1.807, 2.05) is 7.05 Å². The minimum absolute atomic E-state index is 0.706. The standard InChI is InChI=1S/C12H24N2/c1-10(2)14-6-5-12(9-14)7-11(3)8-13-4/h10,12-13H,3,5-9H2,1-2,4H3. The van der Waals surface area contributed by atoms with Crippen LogP contribution in [-0.4, -0.2) is 37.6 Å². The molecule has 82 valence electrons. The summed E-state index contributed by atoms with van der Waals surface area (Å²) in [6, 6.07) is 0.706. The second kappa shape index (κ2) is 5.52. The van der Waals surface area contributed by atoms with Crippen molar-refractivity contribution >= 4 is 0 Å². The van der Waals surface area contributed by atoms with E-state index in [0.717, 1.165) is 12.5 Å². The van der Waals surface area contributed by atoms with E-state index in [4.69, 9.17) is 0 Å². The highest BCUT2D eigenvalue weighted by Gasteiger charge is 2.24. The quantitative estimate of drug-likeness (QED) is 0.675. The van der Waals surface area contributed by atoms with Gasteiger partial charge in [-0.15, -0.1) is 0 Å². The molecule has 0 spiro atoms. The van der Waals surface area contributed by atoms with Gasteiger partial charge in [-0.3, -0.25) is 0 Å². The van der Waals surface area contributed by atoms with E-state index < -0.39 is 0 Å². The Labute approximate surface area is 88.4 Å². The molecule has 0 amide bonds. The minimum Gasteiger partial charge on any atom is -0.316 e. The third-order valence-electron chi connectivity index (χ3n) is 3.05. The molecular formula is C12H24N2. The van der Waals surface area contributed by atoms with Gasteiger partial charge >= 0.3 is 0 Å². The van der Waals surface area contributed by atoms with Gasteiger partial charge in [-0.05, 0) is 46.2 Å². The number of hydrogen-bond donors (Lipinski definition) is 1. The summed E-state index contributed by atoms with van der Waals surface area (Å²) in [7, 11) is 1.99. The van der Waals surface area contributed by atoms with E-state index in [1.54, 1.807) is 0 Å². The first-order valence-electron chi connectivity index (χ1n) is 5.68. The minimum atomic E-state index is 0.706. The Hall–Kier alpha value is -0.340. The molecule has 2 nitrogen and oxygen atoms in total. The van der Waals surface area contributed by atoms with Crippen molar-refractivity contribution in [2.45, 2.75) is 32.7 Å². The highest BCUT2D eigenvalue weighted by Crippen LogP contribution is 2.23. The molecule has 0 radical (unpaired) electrons. The molecule has 2 heteroatoms. The Balaban J connectivity index is 2.25. The third kappa shape index (κ3) is 3.43. The van der Waals surface area contributed by atoms with Crippen LogP contribution in [0, 0.1) is 5.92 Å². The van der Waals surface area contributed by atoms with Gasteiger partial charge in [0.05, 0.1) is 0 Å². The smallest absolute Gasteiger partial charge is 0.0159 e. The number of hydrogen-bond acceptors (Lipinski definition) is 2. The zero-order valence-electron chi connectivity index (χ0n) is 9.84. The number of nitrogens with one attached hydrogen (secondary N) is 1. The maximum absolute atomic E-state index is 4.10. The molecule has 0 aliphatic carbocycles. The van der Waals surface area contributed by atoms with Crippen molar-refractivity contribution in [3.8, 4) is 0 Å². The van der Waals surface area contributed by atoms with Crippen LogP contribution >= 0.6 is 0 Å². The molecule has 0 bridgehead atoms. The van der Waals surface area contributed by atoms with Crippen molar-refractivity contribution in [2.24, 2.45) is 5.92 Å². The molecule has 1 saturated heterocycles. The lowest BCUT2D eigenvalue weighted by atomic mass is 10.00. The second-order valence-electron chi connectivity index (χ2n) is 4.73. The summed E-state index contributed by atoms with van der Waals surface area (Å²) >= 11 is 0. The lowest BCUT2D eigenvalue weighted by molar-refractivity contribution is 0.265. The van der Waals surface area contributed by atoms with E-state index >= 15 is 0 Å². The molecule has 1 unspecified atom stereocenters.